The summed E-state index contributed by atoms with van der Waals surface area (Å²) in [5.41, 5.74) is 0.488. The molecule has 5 nitrogen and oxygen atoms in total. The van der Waals surface area contributed by atoms with Crippen LogP contribution in [0.15, 0.2) is 78.9 Å². The SMILES string of the molecule is O=C(O)CC(CC(=O)Nc1ccc(Oc2ccc(C(F)(F)F)cc2)cc1)c1ccccc1. The van der Waals surface area contributed by atoms with E-state index in [2.05, 4.69) is 5.32 Å². The number of ether oxygens (including phenoxy) is 1. The molecule has 0 aliphatic carbocycles. The fraction of sp³-hybridized carbons (Fsp3) is 0.167. The number of hydrogen-bond donors (Lipinski definition) is 2. The van der Waals surface area contributed by atoms with Gasteiger partial charge in [-0.05, 0) is 54.1 Å². The lowest BCUT2D eigenvalue weighted by Crippen LogP contribution is -2.17. The number of rotatable bonds is 8. The maximum Gasteiger partial charge on any atom is 0.416 e. The van der Waals surface area contributed by atoms with Crippen LogP contribution in [0.1, 0.15) is 29.9 Å². The van der Waals surface area contributed by atoms with Gasteiger partial charge in [0.2, 0.25) is 5.91 Å². The van der Waals surface area contributed by atoms with Crippen LogP contribution in [0.3, 0.4) is 0 Å². The molecule has 0 heterocycles. The minimum Gasteiger partial charge on any atom is -0.481 e. The van der Waals surface area contributed by atoms with E-state index < -0.39 is 23.6 Å². The van der Waals surface area contributed by atoms with E-state index in [1.54, 1.807) is 48.5 Å². The van der Waals surface area contributed by atoms with Gasteiger partial charge in [0.1, 0.15) is 11.5 Å². The first-order valence-corrected chi connectivity index (χ1v) is 9.72. The molecule has 0 spiro atoms. The third kappa shape index (κ3) is 6.60. The van der Waals surface area contributed by atoms with Crippen molar-refractivity contribution in [3.8, 4) is 11.5 Å². The molecular formula is C24H20F3NO4. The van der Waals surface area contributed by atoms with E-state index in [9.17, 15) is 22.8 Å². The van der Waals surface area contributed by atoms with Crippen molar-refractivity contribution in [2.75, 3.05) is 5.32 Å². The monoisotopic (exact) mass is 443 g/mol. The predicted octanol–water partition coefficient (Wildman–Crippen LogP) is 6.08. The highest BCUT2D eigenvalue weighted by atomic mass is 19.4. The first-order valence-electron chi connectivity index (χ1n) is 9.72. The lowest BCUT2D eigenvalue weighted by molar-refractivity contribution is -0.138. The first-order chi connectivity index (χ1) is 15.2. The molecule has 0 aromatic heterocycles. The molecule has 2 N–H and O–H groups in total. The molecule has 0 bridgehead atoms. The Balaban J connectivity index is 1.59. The number of anilines is 1. The molecule has 166 valence electrons. The van der Waals surface area contributed by atoms with Crippen molar-refractivity contribution >= 4 is 17.6 Å². The van der Waals surface area contributed by atoms with E-state index in [0.29, 0.717) is 11.4 Å². The average Bonchev–Trinajstić information content (AvgIpc) is 2.75. The van der Waals surface area contributed by atoms with Gasteiger partial charge in [0.05, 0.1) is 12.0 Å². The van der Waals surface area contributed by atoms with Crippen molar-refractivity contribution in [3.05, 3.63) is 90.0 Å². The third-order valence-electron chi connectivity index (χ3n) is 4.68. The Morgan fingerprint density at radius 1 is 0.844 bits per heavy atom. The van der Waals surface area contributed by atoms with E-state index in [1.165, 1.54) is 12.1 Å². The summed E-state index contributed by atoms with van der Waals surface area (Å²) in [6, 6.07) is 19.6. The summed E-state index contributed by atoms with van der Waals surface area (Å²) in [4.78, 5) is 23.6. The fourth-order valence-electron chi connectivity index (χ4n) is 3.13. The fourth-order valence-corrected chi connectivity index (χ4v) is 3.13. The lowest BCUT2D eigenvalue weighted by atomic mass is 9.92. The van der Waals surface area contributed by atoms with Gasteiger partial charge >= 0.3 is 12.1 Å². The van der Waals surface area contributed by atoms with Crippen LogP contribution in [0.25, 0.3) is 0 Å². The zero-order chi connectivity index (χ0) is 23.1. The van der Waals surface area contributed by atoms with Gasteiger partial charge in [0.25, 0.3) is 0 Å². The van der Waals surface area contributed by atoms with Crippen LogP contribution in [0.5, 0.6) is 11.5 Å². The van der Waals surface area contributed by atoms with E-state index >= 15 is 0 Å². The smallest absolute Gasteiger partial charge is 0.416 e. The van der Waals surface area contributed by atoms with E-state index in [0.717, 1.165) is 17.7 Å². The maximum absolute atomic E-state index is 12.6. The molecule has 0 fully saturated rings. The largest absolute Gasteiger partial charge is 0.481 e. The van der Waals surface area contributed by atoms with Gasteiger partial charge in [-0.15, -0.1) is 0 Å². The molecule has 3 aromatic carbocycles. The average molecular weight is 443 g/mol. The number of carboxylic acids is 1. The number of carbonyl (C=O) groups is 2. The Morgan fingerprint density at radius 3 is 1.94 bits per heavy atom. The number of carboxylic acid groups (broad SMARTS) is 1. The van der Waals surface area contributed by atoms with Gasteiger partial charge in [-0.3, -0.25) is 9.59 Å². The Labute approximate surface area is 182 Å². The number of nitrogens with one attached hydrogen (secondary N) is 1. The zero-order valence-electron chi connectivity index (χ0n) is 16.8. The molecular weight excluding hydrogens is 423 g/mol. The molecule has 8 heteroatoms. The summed E-state index contributed by atoms with van der Waals surface area (Å²) >= 11 is 0. The molecule has 0 saturated heterocycles. The maximum atomic E-state index is 12.6. The Hall–Kier alpha value is -3.81. The van der Waals surface area contributed by atoms with Crippen LogP contribution in [0.4, 0.5) is 18.9 Å². The summed E-state index contributed by atoms with van der Waals surface area (Å²) in [7, 11) is 0. The van der Waals surface area contributed by atoms with Crippen molar-refractivity contribution in [3.63, 3.8) is 0 Å². The van der Waals surface area contributed by atoms with E-state index in [-0.39, 0.29) is 24.5 Å². The van der Waals surface area contributed by atoms with Crippen molar-refractivity contribution in [1.29, 1.82) is 0 Å². The van der Waals surface area contributed by atoms with Crippen LogP contribution in [-0.2, 0) is 15.8 Å². The predicted molar refractivity (Wildman–Crippen MR) is 113 cm³/mol. The number of aliphatic carboxylic acids is 1. The molecule has 1 amide bonds. The second-order valence-corrected chi connectivity index (χ2v) is 7.11. The van der Waals surface area contributed by atoms with Crippen LogP contribution in [-0.4, -0.2) is 17.0 Å². The second kappa shape index (κ2) is 10.00. The van der Waals surface area contributed by atoms with E-state index in [1.807, 2.05) is 6.07 Å². The third-order valence-corrected chi connectivity index (χ3v) is 4.68. The van der Waals surface area contributed by atoms with Gasteiger partial charge in [-0.1, -0.05) is 30.3 Å². The Morgan fingerprint density at radius 2 is 1.41 bits per heavy atom. The van der Waals surface area contributed by atoms with Gasteiger partial charge in [0, 0.05) is 18.0 Å². The number of hydrogen-bond acceptors (Lipinski definition) is 3. The zero-order valence-corrected chi connectivity index (χ0v) is 16.8. The number of benzene rings is 3. The lowest BCUT2D eigenvalue weighted by Gasteiger charge is -2.15. The summed E-state index contributed by atoms with van der Waals surface area (Å²) < 4.78 is 43.4. The number of carbonyl (C=O) groups excluding carboxylic acids is 1. The second-order valence-electron chi connectivity index (χ2n) is 7.11. The molecule has 1 atom stereocenters. The molecule has 0 aliphatic heterocycles. The first kappa shape index (κ1) is 22.9. The quantitative estimate of drug-likeness (QED) is 0.442. The van der Waals surface area contributed by atoms with Crippen molar-refractivity contribution < 1.29 is 32.6 Å². The van der Waals surface area contributed by atoms with Crippen LogP contribution < -0.4 is 10.1 Å². The molecule has 3 rings (SSSR count). The van der Waals surface area contributed by atoms with E-state index in [4.69, 9.17) is 9.84 Å². The molecule has 3 aromatic rings. The van der Waals surface area contributed by atoms with Crippen molar-refractivity contribution in [2.45, 2.75) is 24.9 Å². The summed E-state index contributed by atoms with van der Waals surface area (Å²) in [5, 5.41) is 11.9. The normalized spacial score (nSPS) is 12.1. The van der Waals surface area contributed by atoms with Crippen LogP contribution >= 0.6 is 0 Å². The van der Waals surface area contributed by atoms with Crippen molar-refractivity contribution in [1.82, 2.24) is 0 Å². The molecule has 0 radical (unpaired) electrons. The number of halogens is 3. The Kier molecular flexibility index (Phi) is 7.14. The molecule has 32 heavy (non-hydrogen) atoms. The van der Waals surface area contributed by atoms with Gasteiger partial charge in [0.15, 0.2) is 0 Å². The standard InChI is InChI=1S/C24H20F3NO4/c25-24(26,27)18-6-10-20(11-7-18)32-21-12-8-19(9-13-21)28-22(29)14-17(15-23(30)31)16-4-2-1-3-5-16/h1-13,17H,14-15H2,(H,28,29)(H,30,31). The highest BCUT2D eigenvalue weighted by molar-refractivity contribution is 5.91. The van der Waals surface area contributed by atoms with Gasteiger partial charge < -0.3 is 15.2 Å². The van der Waals surface area contributed by atoms with Crippen molar-refractivity contribution in [2.24, 2.45) is 0 Å². The number of amides is 1. The molecule has 0 aliphatic rings. The summed E-state index contributed by atoms with van der Waals surface area (Å²) in [5.74, 6) is -1.16. The number of alkyl halides is 3. The van der Waals surface area contributed by atoms with Gasteiger partial charge in [-0.2, -0.15) is 13.2 Å². The Bertz CT molecular complexity index is 1050. The van der Waals surface area contributed by atoms with Crippen LogP contribution in [0.2, 0.25) is 0 Å². The van der Waals surface area contributed by atoms with Crippen LogP contribution in [0, 0.1) is 0 Å². The minimum absolute atomic E-state index is 0.000118. The molecule has 1 unspecified atom stereocenters. The highest BCUT2D eigenvalue weighted by Gasteiger charge is 2.30. The van der Waals surface area contributed by atoms with Gasteiger partial charge in [-0.25, -0.2) is 0 Å². The highest BCUT2D eigenvalue weighted by Crippen LogP contribution is 2.31. The topological polar surface area (TPSA) is 75.6 Å². The summed E-state index contributed by atoms with van der Waals surface area (Å²) in [6.07, 6.45) is -4.58. The minimum atomic E-state index is -4.41. The molecule has 0 saturated carbocycles. The summed E-state index contributed by atoms with van der Waals surface area (Å²) in [6.45, 7) is 0.